The first-order valence-electron chi connectivity index (χ1n) is 6.29. The SMILES string of the molecule is CC(C)COCCCNC(=O)COC(C)(C)C. The molecule has 0 aliphatic carbocycles. The van der Waals surface area contributed by atoms with Gasteiger partial charge in [0.1, 0.15) is 6.61 Å². The minimum Gasteiger partial charge on any atom is -0.381 e. The average Bonchev–Trinajstić information content (AvgIpc) is 2.19. The predicted molar refractivity (Wildman–Crippen MR) is 69.0 cm³/mol. The van der Waals surface area contributed by atoms with Crippen LogP contribution < -0.4 is 5.32 Å². The molecule has 0 aliphatic rings. The Balaban J connectivity index is 3.34. The quantitative estimate of drug-likeness (QED) is 0.665. The Morgan fingerprint density at radius 3 is 2.47 bits per heavy atom. The van der Waals surface area contributed by atoms with E-state index in [0.717, 1.165) is 13.0 Å². The number of hydrogen-bond acceptors (Lipinski definition) is 3. The molecule has 0 aromatic rings. The van der Waals surface area contributed by atoms with Gasteiger partial charge in [-0.1, -0.05) is 13.8 Å². The molecule has 17 heavy (non-hydrogen) atoms. The van der Waals surface area contributed by atoms with Crippen LogP contribution in [0.1, 0.15) is 41.0 Å². The number of rotatable bonds is 8. The zero-order valence-electron chi connectivity index (χ0n) is 11.8. The molecule has 0 aromatic carbocycles. The van der Waals surface area contributed by atoms with E-state index in [4.69, 9.17) is 9.47 Å². The highest BCUT2D eigenvalue weighted by atomic mass is 16.5. The van der Waals surface area contributed by atoms with Gasteiger partial charge in [0.2, 0.25) is 5.91 Å². The maximum absolute atomic E-state index is 11.4. The standard InChI is InChI=1S/C13H27NO3/c1-11(2)9-16-8-6-7-14-12(15)10-17-13(3,4)5/h11H,6-10H2,1-5H3,(H,14,15). The monoisotopic (exact) mass is 245 g/mol. The highest BCUT2D eigenvalue weighted by Gasteiger charge is 2.12. The third-order valence-corrected chi connectivity index (χ3v) is 1.88. The molecule has 0 atom stereocenters. The normalized spacial score (nSPS) is 11.9. The summed E-state index contributed by atoms with van der Waals surface area (Å²) in [4.78, 5) is 11.4. The number of carbonyl (C=O) groups excluding carboxylic acids is 1. The van der Waals surface area contributed by atoms with E-state index in [0.29, 0.717) is 19.1 Å². The van der Waals surface area contributed by atoms with E-state index >= 15 is 0 Å². The highest BCUT2D eigenvalue weighted by Crippen LogP contribution is 2.05. The molecular weight excluding hydrogens is 218 g/mol. The molecular formula is C13H27NO3. The molecule has 0 aliphatic heterocycles. The van der Waals surface area contributed by atoms with Gasteiger partial charge in [-0.2, -0.15) is 0 Å². The molecule has 0 rings (SSSR count). The molecule has 1 amide bonds. The largest absolute Gasteiger partial charge is 0.381 e. The lowest BCUT2D eigenvalue weighted by molar-refractivity contribution is -0.130. The summed E-state index contributed by atoms with van der Waals surface area (Å²) in [7, 11) is 0. The minimum absolute atomic E-state index is 0.0659. The third kappa shape index (κ3) is 13.3. The Hall–Kier alpha value is -0.610. The topological polar surface area (TPSA) is 47.6 Å². The fourth-order valence-corrected chi connectivity index (χ4v) is 1.05. The second-order valence-corrected chi connectivity index (χ2v) is 5.57. The van der Waals surface area contributed by atoms with Crippen molar-refractivity contribution in [1.29, 1.82) is 0 Å². The number of carbonyl (C=O) groups is 1. The number of nitrogens with one attached hydrogen (secondary N) is 1. The van der Waals surface area contributed by atoms with E-state index in [2.05, 4.69) is 19.2 Å². The van der Waals surface area contributed by atoms with Crippen LogP contribution in [0.25, 0.3) is 0 Å². The first-order valence-corrected chi connectivity index (χ1v) is 6.29. The summed E-state index contributed by atoms with van der Waals surface area (Å²) < 4.78 is 10.8. The van der Waals surface area contributed by atoms with E-state index < -0.39 is 0 Å². The van der Waals surface area contributed by atoms with Gasteiger partial charge in [0, 0.05) is 19.8 Å². The molecule has 4 nitrogen and oxygen atoms in total. The maximum Gasteiger partial charge on any atom is 0.246 e. The smallest absolute Gasteiger partial charge is 0.246 e. The predicted octanol–water partition coefficient (Wildman–Crippen LogP) is 1.98. The summed E-state index contributed by atoms with van der Waals surface area (Å²) in [6.45, 7) is 12.3. The maximum atomic E-state index is 11.4. The number of amides is 1. The lowest BCUT2D eigenvalue weighted by atomic mass is 10.2. The van der Waals surface area contributed by atoms with Crippen LogP contribution in [0.3, 0.4) is 0 Å². The molecule has 0 unspecified atom stereocenters. The molecule has 0 saturated heterocycles. The molecule has 0 aromatic heterocycles. The van der Waals surface area contributed by atoms with Crippen molar-refractivity contribution in [2.24, 2.45) is 5.92 Å². The summed E-state index contributed by atoms with van der Waals surface area (Å²) in [5, 5.41) is 2.80. The first-order chi connectivity index (χ1) is 7.81. The van der Waals surface area contributed by atoms with Crippen LogP contribution in [0.2, 0.25) is 0 Å². The van der Waals surface area contributed by atoms with E-state index in [1.807, 2.05) is 20.8 Å². The Bertz CT molecular complexity index is 209. The molecule has 0 radical (unpaired) electrons. The molecule has 4 heteroatoms. The summed E-state index contributed by atoms with van der Waals surface area (Å²) >= 11 is 0. The van der Waals surface area contributed by atoms with Crippen molar-refractivity contribution in [3.63, 3.8) is 0 Å². The zero-order chi connectivity index (χ0) is 13.3. The van der Waals surface area contributed by atoms with Crippen molar-refractivity contribution >= 4 is 5.91 Å². The molecule has 0 spiro atoms. The van der Waals surface area contributed by atoms with Crippen molar-refractivity contribution < 1.29 is 14.3 Å². The van der Waals surface area contributed by atoms with E-state index in [-0.39, 0.29) is 18.1 Å². The van der Waals surface area contributed by atoms with Crippen molar-refractivity contribution in [3.8, 4) is 0 Å². The van der Waals surface area contributed by atoms with Crippen LogP contribution in [-0.4, -0.2) is 37.9 Å². The van der Waals surface area contributed by atoms with Crippen molar-refractivity contribution in [2.45, 2.75) is 46.6 Å². The first kappa shape index (κ1) is 16.4. The van der Waals surface area contributed by atoms with Crippen molar-refractivity contribution in [1.82, 2.24) is 5.32 Å². The van der Waals surface area contributed by atoms with Crippen molar-refractivity contribution in [3.05, 3.63) is 0 Å². The van der Waals surface area contributed by atoms with Gasteiger partial charge in [0.05, 0.1) is 5.60 Å². The molecule has 0 saturated carbocycles. The second-order valence-electron chi connectivity index (χ2n) is 5.57. The molecule has 102 valence electrons. The Morgan fingerprint density at radius 2 is 1.94 bits per heavy atom. The van der Waals surface area contributed by atoms with Gasteiger partial charge in [0.25, 0.3) is 0 Å². The minimum atomic E-state index is -0.266. The van der Waals surface area contributed by atoms with E-state index in [1.54, 1.807) is 0 Å². The van der Waals surface area contributed by atoms with Crippen LogP contribution in [-0.2, 0) is 14.3 Å². The van der Waals surface area contributed by atoms with Crippen LogP contribution in [0.4, 0.5) is 0 Å². The van der Waals surface area contributed by atoms with Gasteiger partial charge < -0.3 is 14.8 Å². The van der Waals surface area contributed by atoms with Gasteiger partial charge in [-0.3, -0.25) is 4.79 Å². The highest BCUT2D eigenvalue weighted by molar-refractivity contribution is 5.77. The van der Waals surface area contributed by atoms with Gasteiger partial charge in [-0.25, -0.2) is 0 Å². The summed E-state index contributed by atoms with van der Waals surface area (Å²) in [6, 6.07) is 0. The fraction of sp³-hybridized carbons (Fsp3) is 0.923. The van der Waals surface area contributed by atoms with Gasteiger partial charge in [-0.15, -0.1) is 0 Å². The Labute approximate surface area is 105 Å². The van der Waals surface area contributed by atoms with Gasteiger partial charge in [0.15, 0.2) is 0 Å². The molecule has 0 bridgehead atoms. The lowest BCUT2D eigenvalue weighted by Gasteiger charge is -2.18. The molecule has 1 N–H and O–H groups in total. The molecule has 0 fully saturated rings. The van der Waals surface area contributed by atoms with Crippen LogP contribution in [0.15, 0.2) is 0 Å². The summed E-state index contributed by atoms with van der Waals surface area (Å²) in [5.41, 5.74) is -0.266. The second kappa shape index (κ2) is 8.48. The van der Waals surface area contributed by atoms with Crippen molar-refractivity contribution in [2.75, 3.05) is 26.4 Å². The Kier molecular flexibility index (Phi) is 8.17. The number of ether oxygens (including phenoxy) is 2. The summed E-state index contributed by atoms with van der Waals surface area (Å²) in [6.07, 6.45) is 0.841. The fourth-order valence-electron chi connectivity index (χ4n) is 1.05. The van der Waals surface area contributed by atoms with E-state index in [9.17, 15) is 4.79 Å². The van der Waals surface area contributed by atoms with Crippen LogP contribution >= 0.6 is 0 Å². The van der Waals surface area contributed by atoms with Gasteiger partial charge >= 0.3 is 0 Å². The zero-order valence-corrected chi connectivity index (χ0v) is 11.8. The summed E-state index contributed by atoms with van der Waals surface area (Å²) in [5.74, 6) is 0.494. The van der Waals surface area contributed by atoms with E-state index in [1.165, 1.54) is 0 Å². The van der Waals surface area contributed by atoms with Crippen LogP contribution in [0, 0.1) is 5.92 Å². The molecule has 0 heterocycles. The average molecular weight is 245 g/mol. The van der Waals surface area contributed by atoms with Crippen LogP contribution in [0.5, 0.6) is 0 Å². The lowest BCUT2D eigenvalue weighted by Crippen LogP contribution is -2.33. The Morgan fingerprint density at radius 1 is 1.29 bits per heavy atom. The third-order valence-electron chi connectivity index (χ3n) is 1.88. The number of hydrogen-bond donors (Lipinski definition) is 1. The van der Waals surface area contributed by atoms with Gasteiger partial charge in [-0.05, 0) is 33.1 Å².